The van der Waals surface area contributed by atoms with E-state index in [1.165, 1.54) is 12.5 Å². The first-order valence-electron chi connectivity index (χ1n) is 8.61. The highest BCUT2D eigenvalue weighted by Crippen LogP contribution is 2.37. The van der Waals surface area contributed by atoms with Crippen molar-refractivity contribution in [3.8, 4) is 11.5 Å². The smallest absolute Gasteiger partial charge is 0.274 e. The van der Waals surface area contributed by atoms with Crippen molar-refractivity contribution in [1.29, 1.82) is 0 Å². The number of carbonyl (C=O) groups excluding carboxylic acids is 1. The number of ether oxygens (including phenoxy) is 2. The van der Waals surface area contributed by atoms with Gasteiger partial charge in [0.2, 0.25) is 0 Å². The Bertz CT molecular complexity index is 1050. The predicted molar refractivity (Wildman–Crippen MR) is 115 cm³/mol. The molecule has 0 aliphatic rings. The molecule has 0 saturated carbocycles. The molecule has 1 heterocycles. The number of carbonyl (C=O) groups is 1. The van der Waals surface area contributed by atoms with Crippen molar-refractivity contribution < 1.29 is 18.7 Å². The van der Waals surface area contributed by atoms with Gasteiger partial charge in [-0.05, 0) is 52.7 Å². The third kappa shape index (κ3) is 5.19. The van der Waals surface area contributed by atoms with Gasteiger partial charge in [-0.2, -0.15) is 5.10 Å². The minimum absolute atomic E-state index is 0.294. The molecule has 1 amide bonds. The molecule has 0 aliphatic carbocycles. The van der Waals surface area contributed by atoms with Crippen LogP contribution in [0.1, 0.15) is 27.2 Å². The van der Waals surface area contributed by atoms with Crippen molar-refractivity contribution in [3.63, 3.8) is 0 Å². The molecule has 3 rings (SSSR count). The Hall–Kier alpha value is -2.77. The Labute approximate surface area is 181 Å². The van der Waals surface area contributed by atoms with Crippen molar-refractivity contribution >= 4 is 39.7 Å². The summed E-state index contributed by atoms with van der Waals surface area (Å²) in [6.45, 7) is 2.00. The normalized spacial score (nSPS) is 10.9. The van der Waals surface area contributed by atoms with Gasteiger partial charge in [-0.1, -0.05) is 29.8 Å². The summed E-state index contributed by atoms with van der Waals surface area (Å²) in [5, 5.41) is 4.62. The molecule has 0 atom stereocenters. The molecule has 0 fully saturated rings. The number of rotatable bonds is 7. The average Bonchev–Trinajstić information content (AvgIpc) is 3.14. The lowest BCUT2D eigenvalue weighted by Crippen LogP contribution is -2.17. The van der Waals surface area contributed by atoms with Gasteiger partial charge in [0.05, 0.1) is 29.6 Å². The van der Waals surface area contributed by atoms with E-state index in [0.717, 1.165) is 5.56 Å². The Balaban J connectivity index is 1.71. The average molecular weight is 478 g/mol. The number of methoxy groups -OCH3 is 1. The van der Waals surface area contributed by atoms with Gasteiger partial charge in [-0.25, -0.2) is 5.43 Å². The fourth-order valence-corrected chi connectivity index (χ4v) is 3.33. The maximum atomic E-state index is 12.1. The van der Waals surface area contributed by atoms with Gasteiger partial charge in [0.15, 0.2) is 11.5 Å². The van der Waals surface area contributed by atoms with Crippen molar-refractivity contribution in [1.82, 2.24) is 5.43 Å². The second kappa shape index (κ2) is 9.62. The van der Waals surface area contributed by atoms with Gasteiger partial charge < -0.3 is 13.9 Å². The van der Waals surface area contributed by atoms with Crippen LogP contribution in [0.4, 0.5) is 0 Å². The van der Waals surface area contributed by atoms with E-state index in [1.54, 1.807) is 26.2 Å². The summed E-state index contributed by atoms with van der Waals surface area (Å²) in [7, 11) is 1.55. The van der Waals surface area contributed by atoms with E-state index in [1.807, 2.05) is 30.3 Å². The molecule has 8 heteroatoms. The first kappa shape index (κ1) is 21.0. The van der Waals surface area contributed by atoms with Crippen LogP contribution < -0.4 is 14.9 Å². The molecule has 3 aromatic rings. The zero-order valence-corrected chi connectivity index (χ0v) is 18.1. The number of nitrogens with zero attached hydrogens (tertiary/aromatic N) is 1. The topological polar surface area (TPSA) is 73.1 Å². The molecule has 0 unspecified atom stereocenters. The summed E-state index contributed by atoms with van der Waals surface area (Å²) >= 11 is 9.67. The van der Waals surface area contributed by atoms with Crippen molar-refractivity contribution in [2.75, 3.05) is 7.11 Å². The number of benzene rings is 2. The van der Waals surface area contributed by atoms with Gasteiger partial charge in [-0.15, -0.1) is 0 Å². The lowest BCUT2D eigenvalue weighted by molar-refractivity contribution is 0.0953. The molecule has 0 spiro atoms. The number of hydrogen-bond acceptors (Lipinski definition) is 5. The van der Waals surface area contributed by atoms with Crippen molar-refractivity contribution in [3.05, 3.63) is 80.7 Å². The minimum Gasteiger partial charge on any atom is -0.493 e. The maximum Gasteiger partial charge on any atom is 0.274 e. The quantitative estimate of drug-likeness (QED) is 0.367. The van der Waals surface area contributed by atoms with Crippen LogP contribution in [0.3, 0.4) is 0 Å². The monoisotopic (exact) mass is 476 g/mol. The molecule has 29 heavy (non-hydrogen) atoms. The van der Waals surface area contributed by atoms with Crippen LogP contribution in [0.25, 0.3) is 0 Å². The standard InChI is InChI=1S/C21H18BrClN2O4/c1-13-16(7-8-28-13)21(26)25-24-11-14-9-17(22)20(19(10-14)27-2)29-12-15-5-3-4-6-18(15)23/h3-11H,12H2,1-2H3,(H,25,26)/b24-11-. The second-order valence-corrected chi connectivity index (χ2v) is 7.27. The summed E-state index contributed by atoms with van der Waals surface area (Å²) in [6, 6.07) is 12.6. The summed E-state index contributed by atoms with van der Waals surface area (Å²) in [4.78, 5) is 12.1. The summed E-state index contributed by atoms with van der Waals surface area (Å²) in [5.41, 5.74) is 4.48. The number of halogens is 2. The first-order chi connectivity index (χ1) is 14.0. The van der Waals surface area contributed by atoms with Crippen LogP contribution in [0, 0.1) is 6.92 Å². The van der Waals surface area contributed by atoms with Crippen LogP contribution >= 0.6 is 27.5 Å². The number of hydrazone groups is 1. The summed E-state index contributed by atoms with van der Waals surface area (Å²) in [6.07, 6.45) is 2.97. The highest BCUT2D eigenvalue weighted by atomic mass is 79.9. The van der Waals surface area contributed by atoms with E-state index >= 15 is 0 Å². The molecule has 150 valence electrons. The van der Waals surface area contributed by atoms with Gasteiger partial charge in [0, 0.05) is 10.6 Å². The number of aryl methyl sites for hydroxylation is 1. The van der Waals surface area contributed by atoms with Crippen LogP contribution in [0.5, 0.6) is 11.5 Å². The molecule has 1 N–H and O–H groups in total. The Kier molecular flexibility index (Phi) is 6.95. The number of amides is 1. The molecule has 0 radical (unpaired) electrons. The van der Waals surface area contributed by atoms with E-state index < -0.39 is 0 Å². The predicted octanol–water partition coefficient (Wildman–Crippen LogP) is 5.36. The molecule has 0 saturated heterocycles. The molecule has 2 aromatic carbocycles. The van der Waals surface area contributed by atoms with E-state index in [4.69, 9.17) is 25.5 Å². The Morgan fingerprint density at radius 3 is 2.79 bits per heavy atom. The van der Waals surface area contributed by atoms with Crippen LogP contribution in [-0.2, 0) is 6.61 Å². The van der Waals surface area contributed by atoms with E-state index in [2.05, 4.69) is 26.5 Å². The third-order valence-corrected chi connectivity index (χ3v) is 5.02. The lowest BCUT2D eigenvalue weighted by Gasteiger charge is -2.14. The van der Waals surface area contributed by atoms with E-state index in [0.29, 0.717) is 44.5 Å². The Morgan fingerprint density at radius 2 is 2.10 bits per heavy atom. The molecular formula is C21H18BrClN2O4. The third-order valence-electron chi connectivity index (χ3n) is 4.06. The van der Waals surface area contributed by atoms with Gasteiger partial charge >= 0.3 is 0 Å². The number of hydrogen-bond donors (Lipinski definition) is 1. The minimum atomic E-state index is -0.349. The van der Waals surface area contributed by atoms with Crippen LogP contribution in [0.2, 0.25) is 5.02 Å². The molecule has 1 aromatic heterocycles. The summed E-state index contributed by atoms with van der Waals surface area (Å²) < 4.78 is 17.1. The van der Waals surface area contributed by atoms with Crippen LogP contribution in [0.15, 0.2) is 62.7 Å². The fourth-order valence-electron chi connectivity index (χ4n) is 2.57. The largest absolute Gasteiger partial charge is 0.493 e. The van der Waals surface area contributed by atoms with Gasteiger partial charge in [0.1, 0.15) is 12.4 Å². The lowest BCUT2D eigenvalue weighted by atomic mass is 10.2. The number of furan rings is 1. The maximum absolute atomic E-state index is 12.1. The summed E-state index contributed by atoms with van der Waals surface area (Å²) in [5.74, 6) is 1.24. The zero-order valence-electron chi connectivity index (χ0n) is 15.7. The van der Waals surface area contributed by atoms with Gasteiger partial charge in [0.25, 0.3) is 5.91 Å². The highest BCUT2D eigenvalue weighted by Gasteiger charge is 2.13. The van der Waals surface area contributed by atoms with E-state index in [-0.39, 0.29) is 5.91 Å². The zero-order chi connectivity index (χ0) is 20.8. The number of nitrogens with one attached hydrogen (secondary N) is 1. The Morgan fingerprint density at radius 1 is 1.31 bits per heavy atom. The molecular weight excluding hydrogens is 460 g/mol. The molecule has 0 aliphatic heterocycles. The fraction of sp³-hybridized carbons (Fsp3) is 0.143. The van der Waals surface area contributed by atoms with Crippen LogP contribution in [-0.4, -0.2) is 19.2 Å². The van der Waals surface area contributed by atoms with Crippen molar-refractivity contribution in [2.24, 2.45) is 5.10 Å². The van der Waals surface area contributed by atoms with Gasteiger partial charge in [-0.3, -0.25) is 4.79 Å². The van der Waals surface area contributed by atoms with E-state index in [9.17, 15) is 4.79 Å². The first-order valence-corrected chi connectivity index (χ1v) is 9.78. The SMILES string of the molecule is COc1cc(/C=N\NC(=O)c2ccoc2C)cc(Br)c1OCc1ccccc1Cl. The molecule has 6 nitrogen and oxygen atoms in total. The molecule has 0 bridgehead atoms. The van der Waals surface area contributed by atoms with Crippen molar-refractivity contribution in [2.45, 2.75) is 13.5 Å². The highest BCUT2D eigenvalue weighted by molar-refractivity contribution is 9.10. The second-order valence-electron chi connectivity index (χ2n) is 6.00.